The summed E-state index contributed by atoms with van der Waals surface area (Å²) in [6.07, 6.45) is 1.61. The van der Waals surface area contributed by atoms with Gasteiger partial charge in [-0.1, -0.05) is 42.1 Å². The van der Waals surface area contributed by atoms with Crippen LogP contribution in [0.25, 0.3) is 11.3 Å². The van der Waals surface area contributed by atoms with Crippen LogP contribution in [0.4, 0.5) is 5.13 Å². The van der Waals surface area contributed by atoms with E-state index in [0.29, 0.717) is 15.9 Å². The smallest absolute Gasteiger partial charge is 0.278 e. The van der Waals surface area contributed by atoms with Crippen molar-refractivity contribution in [1.82, 2.24) is 20.2 Å². The van der Waals surface area contributed by atoms with Crippen LogP contribution in [0.1, 0.15) is 0 Å². The summed E-state index contributed by atoms with van der Waals surface area (Å²) in [6, 6.07) is 9.07. The van der Waals surface area contributed by atoms with Crippen molar-refractivity contribution >= 4 is 34.1 Å². The molecule has 0 unspecified atom stereocenters. The maximum Gasteiger partial charge on any atom is 0.278 e. The molecule has 0 bridgehead atoms. The number of aromatic amines is 1. The van der Waals surface area contributed by atoms with Crippen LogP contribution in [0.15, 0.2) is 51.9 Å². The second kappa shape index (κ2) is 7.16. The third kappa shape index (κ3) is 4.02. The largest absolute Gasteiger partial charge is 0.301 e. The highest BCUT2D eigenvalue weighted by atomic mass is 32.2. The van der Waals surface area contributed by atoms with E-state index in [0.717, 1.165) is 11.8 Å². The lowest BCUT2D eigenvalue weighted by Gasteiger charge is -2.02. The van der Waals surface area contributed by atoms with Gasteiger partial charge in [-0.05, 0) is 0 Å². The Morgan fingerprint density at radius 3 is 2.78 bits per heavy atom. The van der Waals surface area contributed by atoms with Crippen LogP contribution >= 0.6 is 23.1 Å². The summed E-state index contributed by atoms with van der Waals surface area (Å²) < 4.78 is 0. The van der Waals surface area contributed by atoms with Gasteiger partial charge in [-0.3, -0.25) is 14.6 Å². The number of nitrogens with zero attached hydrogens (tertiary/aromatic N) is 3. The Kier molecular flexibility index (Phi) is 4.79. The molecule has 0 aliphatic heterocycles. The standard InChI is InChI=1S/C14H11N5O2S2/c20-10(16-13-15-6-7-22-13)8-23-14-17-12(21)11(18-19-14)9-4-2-1-3-5-9/h1-7H,8H2,(H,15,16,20)(H,17,19,21). The molecule has 1 aromatic carbocycles. The van der Waals surface area contributed by atoms with E-state index in [1.165, 1.54) is 11.3 Å². The number of amides is 1. The summed E-state index contributed by atoms with van der Waals surface area (Å²) in [6.45, 7) is 0. The molecule has 1 amide bonds. The number of thiazole rings is 1. The van der Waals surface area contributed by atoms with Crippen molar-refractivity contribution in [3.05, 3.63) is 52.3 Å². The topological polar surface area (TPSA) is 101 Å². The fourth-order valence-corrected chi connectivity index (χ4v) is 2.89. The van der Waals surface area contributed by atoms with Gasteiger partial charge in [0.1, 0.15) is 0 Å². The number of H-pyrrole nitrogens is 1. The molecule has 0 saturated heterocycles. The Labute approximate surface area is 139 Å². The van der Waals surface area contributed by atoms with E-state index in [1.54, 1.807) is 23.7 Å². The number of aromatic nitrogens is 4. The molecule has 2 N–H and O–H groups in total. The molecular weight excluding hydrogens is 334 g/mol. The van der Waals surface area contributed by atoms with Gasteiger partial charge < -0.3 is 5.32 Å². The molecule has 3 rings (SSSR count). The minimum absolute atomic E-state index is 0.106. The first-order valence-corrected chi connectivity index (χ1v) is 8.43. The predicted octanol–water partition coefficient (Wildman–Crippen LogP) is 2.02. The van der Waals surface area contributed by atoms with Crippen LogP contribution in [0.2, 0.25) is 0 Å². The van der Waals surface area contributed by atoms with Crippen LogP contribution in [0.5, 0.6) is 0 Å². The highest BCUT2D eigenvalue weighted by molar-refractivity contribution is 7.99. The zero-order valence-corrected chi connectivity index (χ0v) is 13.4. The predicted molar refractivity (Wildman–Crippen MR) is 89.6 cm³/mol. The summed E-state index contributed by atoms with van der Waals surface area (Å²) in [7, 11) is 0. The van der Waals surface area contributed by atoms with Crippen LogP contribution in [0, 0.1) is 0 Å². The number of hydrogen-bond acceptors (Lipinski definition) is 7. The molecule has 2 heterocycles. The molecule has 2 aromatic heterocycles. The monoisotopic (exact) mass is 345 g/mol. The van der Waals surface area contributed by atoms with Crippen LogP contribution in [-0.4, -0.2) is 31.8 Å². The highest BCUT2D eigenvalue weighted by Gasteiger charge is 2.10. The van der Waals surface area contributed by atoms with E-state index in [4.69, 9.17) is 0 Å². The SMILES string of the molecule is O=C(CSc1nnc(-c2ccccc2)c(=O)[nH]1)Nc1nccs1. The van der Waals surface area contributed by atoms with Crippen molar-refractivity contribution in [2.45, 2.75) is 5.16 Å². The van der Waals surface area contributed by atoms with E-state index >= 15 is 0 Å². The molecule has 9 heteroatoms. The van der Waals surface area contributed by atoms with Gasteiger partial charge >= 0.3 is 0 Å². The molecule has 0 aliphatic carbocycles. The van der Waals surface area contributed by atoms with Crippen LogP contribution in [-0.2, 0) is 4.79 Å². The summed E-state index contributed by atoms with van der Waals surface area (Å²) in [4.78, 5) is 30.4. The third-order valence-corrected chi connectivity index (χ3v) is 4.29. The maximum atomic E-state index is 12.1. The normalized spacial score (nSPS) is 10.4. The molecule has 116 valence electrons. The fourth-order valence-electron chi connectivity index (χ4n) is 1.75. The van der Waals surface area contributed by atoms with Gasteiger partial charge in [0.2, 0.25) is 5.91 Å². The van der Waals surface area contributed by atoms with Gasteiger partial charge in [0, 0.05) is 17.1 Å². The second-order valence-corrected chi connectivity index (χ2v) is 6.21. The third-order valence-electron chi connectivity index (χ3n) is 2.74. The first-order chi connectivity index (χ1) is 11.2. The maximum absolute atomic E-state index is 12.1. The Bertz CT molecular complexity index is 849. The molecule has 0 aliphatic rings. The average molecular weight is 345 g/mol. The number of carbonyl (C=O) groups excluding carboxylic acids is 1. The van der Waals surface area contributed by atoms with E-state index < -0.39 is 0 Å². The molecule has 0 atom stereocenters. The van der Waals surface area contributed by atoms with Gasteiger partial charge in [0.25, 0.3) is 5.56 Å². The Hall–Kier alpha value is -2.52. The Balaban J connectivity index is 1.64. The van der Waals surface area contributed by atoms with Crippen molar-refractivity contribution < 1.29 is 4.79 Å². The van der Waals surface area contributed by atoms with Crippen LogP contribution < -0.4 is 10.9 Å². The number of rotatable bonds is 5. The number of thioether (sulfide) groups is 1. The highest BCUT2D eigenvalue weighted by Crippen LogP contribution is 2.15. The molecule has 7 nitrogen and oxygen atoms in total. The quantitative estimate of drug-likeness (QED) is 0.686. The first kappa shape index (κ1) is 15.4. The summed E-state index contributed by atoms with van der Waals surface area (Å²) in [5.41, 5.74) is 0.607. The van der Waals surface area contributed by atoms with Gasteiger partial charge in [0.05, 0.1) is 5.75 Å². The molecule has 0 spiro atoms. The van der Waals surface area contributed by atoms with Crippen molar-refractivity contribution in [1.29, 1.82) is 0 Å². The molecule has 0 fully saturated rings. The number of carbonyl (C=O) groups is 1. The fraction of sp³-hybridized carbons (Fsp3) is 0.0714. The first-order valence-electron chi connectivity index (χ1n) is 6.57. The number of nitrogens with one attached hydrogen (secondary N) is 2. The number of hydrogen-bond donors (Lipinski definition) is 2. The van der Waals surface area contributed by atoms with E-state index in [9.17, 15) is 9.59 Å². The Morgan fingerprint density at radius 2 is 2.09 bits per heavy atom. The minimum Gasteiger partial charge on any atom is -0.301 e. The average Bonchev–Trinajstić information content (AvgIpc) is 3.07. The van der Waals surface area contributed by atoms with Gasteiger partial charge in [-0.25, -0.2) is 4.98 Å². The zero-order chi connectivity index (χ0) is 16.1. The lowest BCUT2D eigenvalue weighted by atomic mass is 10.2. The van der Waals surface area contributed by atoms with Gasteiger partial charge in [-0.2, -0.15) is 0 Å². The summed E-state index contributed by atoms with van der Waals surface area (Å²) in [5.74, 6) is -0.116. The summed E-state index contributed by atoms with van der Waals surface area (Å²) >= 11 is 2.44. The Morgan fingerprint density at radius 1 is 1.26 bits per heavy atom. The second-order valence-electron chi connectivity index (χ2n) is 4.35. The van der Waals surface area contributed by atoms with E-state index in [-0.39, 0.29) is 22.9 Å². The lowest BCUT2D eigenvalue weighted by Crippen LogP contribution is -2.17. The molecule has 0 saturated carbocycles. The van der Waals surface area contributed by atoms with E-state index in [1.807, 2.05) is 18.2 Å². The zero-order valence-electron chi connectivity index (χ0n) is 11.7. The minimum atomic E-state index is -0.339. The molecule has 23 heavy (non-hydrogen) atoms. The molecular formula is C14H11N5O2S2. The van der Waals surface area contributed by atoms with Gasteiger partial charge in [-0.15, -0.1) is 21.5 Å². The van der Waals surface area contributed by atoms with Crippen molar-refractivity contribution in [2.75, 3.05) is 11.1 Å². The van der Waals surface area contributed by atoms with Gasteiger partial charge in [0.15, 0.2) is 16.0 Å². The van der Waals surface area contributed by atoms with Crippen molar-refractivity contribution in [3.63, 3.8) is 0 Å². The van der Waals surface area contributed by atoms with E-state index in [2.05, 4.69) is 25.5 Å². The molecule has 0 radical (unpaired) electrons. The lowest BCUT2D eigenvalue weighted by molar-refractivity contribution is -0.113. The van der Waals surface area contributed by atoms with Crippen LogP contribution in [0.3, 0.4) is 0 Å². The van der Waals surface area contributed by atoms with Crippen molar-refractivity contribution in [2.24, 2.45) is 0 Å². The summed E-state index contributed by atoms with van der Waals surface area (Å²) in [5, 5.41) is 13.2. The number of benzene rings is 1. The molecule has 3 aromatic rings. The van der Waals surface area contributed by atoms with Crippen molar-refractivity contribution in [3.8, 4) is 11.3 Å². The number of anilines is 1.